The Morgan fingerprint density at radius 2 is 2.04 bits per heavy atom. The van der Waals surface area contributed by atoms with Gasteiger partial charge in [-0.3, -0.25) is 9.89 Å². The molecule has 0 aromatic carbocycles. The summed E-state index contributed by atoms with van der Waals surface area (Å²) in [5.41, 5.74) is 0. The molecule has 1 atom stereocenters. The van der Waals surface area contributed by atoms with E-state index in [2.05, 4.69) is 34.4 Å². The molecule has 1 unspecified atom stereocenters. The Hall–Kier alpha value is -0.290. The van der Waals surface area contributed by atoms with Crippen LogP contribution in [0.15, 0.2) is 4.99 Å². The Labute approximate surface area is 160 Å². The minimum Gasteiger partial charge on any atom is -0.357 e. The van der Waals surface area contributed by atoms with E-state index in [4.69, 9.17) is 0 Å². The van der Waals surface area contributed by atoms with Crippen molar-refractivity contribution in [2.45, 2.75) is 45.5 Å². The van der Waals surface area contributed by atoms with Crippen LogP contribution in [0.25, 0.3) is 0 Å². The summed E-state index contributed by atoms with van der Waals surface area (Å²) in [4.78, 5) is 8.15. The number of nitrogens with one attached hydrogen (secondary N) is 2. The van der Waals surface area contributed by atoms with Crippen LogP contribution in [0.2, 0.25) is 0 Å². The molecule has 1 fully saturated rings. The number of hydrogen-bond donors (Lipinski definition) is 2. The third-order valence-electron chi connectivity index (χ3n) is 3.96. The average Bonchev–Trinajstić information content (AvgIpc) is 2.83. The second kappa shape index (κ2) is 11.3. The summed E-state index contributed by atoms with van der Waals surface area (Å²) >= 11 is 0. The molecule has 9 heteroatoms. The first-order chi connectivity index (χ1) is 10.7. The third kappa shape index (κ3) is 9.87. The molecule has 24 heavy (non-hydrogen) atoms. The van der Waals surface area contributed by atoms with Crippen LogP contribution in [0.5, 0.6) is 0 Å². The molecule has 1 rings (SSSR count). The first-order valence-electron chi connectivity index (χ1n) is 8.25. The van der Waals surface area contributed by atoms with Gasteiger partial charge in [-0.15, -0.1) is 24.0 Å². The van der Waals surface area contributed by atoms with E-state index in [1.54, 1.807) is 0 Å². The lowest BCUT2D eigenvalue weighted by Crippen LogP contribution is -2.45. The van der Waals surface area contributed by atoms with E-state index in [9.17, 15) is 13.2 Å². The summed E-state index contributed by atoms with van der Waals surface area (Å²) in [6.45, 7) is 8.48. The Morgan fingerprint density at radius 3 is 2.58 bits per heavy atom. The standard InChI is InChI=1S/C15H30F3N5.HI/c1-5-19-14(20-7-9-22(4)12(2)3)21-13-6-8-23(10-13)11-15(16,17)18;/h12-13H,5-11H2,1-4H3,(H2,19,20,21);1H. The van der Waals surface area contributed by atoms with Crippen molar-refractivity contribution in [2.24, 2.45) is 4.99 Å². The Balaban J connectivity index is 0.00000529. The van der Waals surface area contributed by atoms with E-state index in [-0.39, 0.29) is 30.0 Å². The van der Waals surface area contributed by atoms with E-state index < -0.39 is 12.7 Å². The number of alkyl halides is 3. The van der Waals surface area contributed by atoms with E-state index in [1.165, 1.54) is 4.90 Å². The summed E-state index contributed by atoms with van der Waals surface area (Å²) in [6, 6.07) is 0.476. The lowest BCUT2D eigenvalue weighted by atomic mass is 10.3. The van der Waals surface area contributed by atoms with Crippen molar-refractivity contribution in [2.75, 3.05) is 46.3 Å². The van der Waals surface area contributed by atoms with Gasteiger partial charge in [0.05, 0.1) is 13.1 Å². The summed E-state index contributed by atoms with van der Waals surface area (Å²) in [5.74, 6) is 0.684. The quantitative estimate of drug-likeness (QED) is 0.344. The number of guanidine groups is 1. The number of rotatable bonds is 7. The molecule has 0 bridgehead atoms. The molecule has 0 saturated carbocycles. The van der Waals surface area contributed by atoms with Crippen LogP contribution in [0, 0.1) is 0 Å². The van der Waals surface area contributed by atoms with Crippen LogP contribution in [-0.2, 0) is 0 Å². The average molecular weight is 465 g/mol. The van der Waals surface area contributed by atoms with Gasteiger partial charge in [-0.1, -0.05) is 0 Å². The van der Waals surface area contributed by atoms with Crippen LogP contribution in [-0.4, -0.2) is 80.3 Å². The predicted molar refractivity (Wildman–Crippen MR) is 103 cm³/mol. The van der Waals surface area contributed by atoms with E-state index in [1.807, 2.05) is 14.0 Å². The van der Waals surface area contributed by atoms with Crippen molar-refractivity contribution in [3.8, 4) is 0 Å². The van der Waals surface area contributed by atoms with Crippen LogP contribution in [0.1, 0.15) is 27.2 Å². The van der Waals surface area contributed by atoms with Gasteiger partial charge in [-0.2, -0.15) is 13.2 Å². The number of hydrogen-bond acceptors (Lipinski definition) is 3. The third-order valence-corrected chi connectivity index (χ3v) is 3.96. The fourth-order valence-corrected chi connectivity index (χ4v) is 2.44. The molecule has 0 radical (unpaired) electrons. The number of likely N-dealkylation sites (N-methyl/N-ethyl adjacent to an activating group) is 1. The van der Waals surface area contributed by atoms with Crippen molar-refractivity contribution >= 4 is 29.9 Å². The molecule has 1 heterocycles. The zero-order valence-corrected chi connectivity index (χ0v) is 17.3. The number of halogens is 4. The molecule has 2 N–H and O–H groups in total. The zero-order valence-electron chi connectivity index (χ0n) is 15.0. The SMILES string of the molecule is CCNC(=NCCN(C)C(C)C)NC1CCN(CC(F)(F)F)C1.I. The van der Waals surface area contributed by atoms with Gasteiger partial charge < -0.3 is 15.5 Å². The van der Waals surface area contributed by atoms with E-state index in [0.717, 1.165) is 13.1 Å². The van der Waals surface area contributed by atoms with Gasteiger partial charge in [-0.25, -0.2) is 0 Å². The minimum atomic E-state index is -4.13. The lowest BCUT2D eigenvalue weighted by Gasteiger charge is -2.21. The number of aliphatic imine (C=N–C) groups is 1. The molecule has 0 aliphatic carbocycles. The monoisotopic (exact) mass is 465 g/mol. The highest BCUT2D eigenvalue weighted by molar-refractivity contribution is 14.0. The highest BCUT2D eigenvalue weighted by Gasteiger charge is 2.34. The zero-order chi connectivity index (χ0) is 17.5. The molecule has 0 aromatic heterocycles. The summed E-state index contributed by atoms with van der Waals surface area (Å²) in [5, 5.41) is 6.40. The second-order valence-corrected chi connectivity index (χ2v) is 6.32. The first-order valence-corrected chi connectivity index (χ1v) is 8.25. The molecule has 1 aliphatic rings. The van der Waals surface area contributed by atoms with Gasteiger partial charge in [0.25, 0.3) is 0 Å². The molecule has 0 amide bonds. The maximum Gasteiger partial charge on any atom is 0.401 e. The van der Waals surface area contributed by atoms with Gasteiger partial charge in [0, 0.05) is 38.3 Å². The van der Waals surface area contributed by atoms with E-state index in [0.29, 0.717) is 38.1 Å². The van der Waals surface area contributed by atoms with Gasteiger partial charge in [0.15, 0.2) is 5.96 Å². The molecule has 0 spiro atoms. The molecule has 0 aromatic rings. The largest absolute Gasteiger partial charge is 0.401 e. The fraction of sp³-hybridized carbons (Fsp3) is 0.933. The fourth-order valence-electron chi connectivity index (χ4n) is 2.44. The van der Waals surface area contributed by atoms with Gasteiger partial charge in [-0.05, 0) is 34.2 Å². The van der Waals surface area contributed by atoms with Crippen molar-refractivity contribution in [3.63, 3.8) is 0 Å². The smallest absolute Gasteiger partial charge is 0.357 e. The van der Waals surface area contributed by atoms with Crippen molar-refractivity contribution in [1.82, 2.24) is 20.4 Å². The maximum atomic E-state index is 12.4. The molecular formula is C15H31F3IN5. The Kier molecular flexibility index (Phi) is 11.2. The highest BCUT2D eigenvalue weighted by atomic mass is 127. The Bertz CT molecular complexity index is 377. The van der Waals surface area contributed by atoms with Crippen molar-refractivity contribution in [3.05, 3.63) is 0 Å². The first kappa shape index (κ1) is 23.7. The maximum absolute atomic E-state index is 12.4. The minimum absolute atomic E-state index is 0. The second-order valence-electron chi connectivity index (χ2n) is 6.32. The van der Waals surface area contributed by atoms with Crippen LogP contribution in [0.4, 0.5) is 13.2 Å². The van der Waals surface area contributed by atoms with E-state index >= 15 is 0 Å². The van der Waals surface area contributed by atoms with Crippen LogP contribution < -0.4 is 10.6 Å². The number of nitrogens with zero attached hydrogens (tertiary/aromatic N) is 3. The Morgan fingerprint density at radius 1 is 1.38 bits per heavy atom. The normalized spacial score (nSPS) is 19.7. The van der Waals surface area contributed by atoms with Crippen molar-refractivity contribution in [1.29, 1.82) is 0 Å². The van der Waals surface area contributed by atoms with Gasteiger partial charge in [0.1, 0.15) is 0 Å². The lowest BCUT2D eigenvalue weighted by molar-refractivity contribution is -0.143. The predicted octanol–water partition coefficient (Wildman–Crippen LogP) is 2.14. The molecular weight excluding hydrogens is 434 g/mol. The van der Waals surface area contributed by atoms with Gasteiger partial charge >= 0.3 is 6.18 Å². The van der Waals surface area contributed by atoms with Gasteiger partial charge in [0.2, 0.25) is 0 Å². The molecule has 1 saturated heterocycles. The van der Waals surface area contributed by atoms with Crippen molar-refractivity contribution < 1.29 is 13.2 Å². The summed E-state index contributed by atoms with van der Waals surface area (Å²) in [6.07, 6.45) is -3.43. The topological polar surface area (TPSA) is 42.9 Å². The number of likely N-dealkylation sites (tertiary alicyclic amines) is 1. The highest BCUT2D eigenvalue weighted by Crippen LogP contribution is 2.19. The summed E-state index contributed by atoms with van der Waals surface area (Å²) < 4.78 is 37.3. The molecule has 144 valence electrons. The van der Waals surface area contributed by atoms with Crippen LogP contribution >= 0.6 is 24.0 Å². The molecule has 1 aliphatic heterocycles. The summed E-state index contributed by atoms with van der Waals surface area (Å²) in [7, 11) is 2.05. The molecule has 5 nitrogen and oxygen atoms in total. The van der Waals surface area contributed by atoms with Crippen LogP contribution in [0.3, 0.4) is 0 Å².